The Morgan fingerprint density at radius 2 is 2.00 bits per heavy atom. The highest BCUT2D eigenvalue weighted by Gasteiger charge is 2.20. The number of hydrogen-bond acceptors (Lipinski definition) is 1. The van der Waals surface area contributed by atoms with E-state index >= 15 is 0 Å². The van der Waals surface area contributed by atoms with Crippen molar-refractivity contribution in [1.29, 1.82) is 0 Å². The van der Waals surface area contributed by atoms with Crippen molar-refractivity contribution in [3.8, 4) is 0 Å². The molecule has 0 unspecified atom stereocenters. The summed E-state index contributed by atoms with van der Waals surface area (Å²) in [5.74, 6) is 0.103. The number of benzene rings is 1. The molecule has 1 aliphatic heterocycles. The van der Waals surface area contributed by atoms with Gasteiger partial charge in [0.1, 0.15) is 0 Å². The second-order valence-electron chi connectivity index (χ2n) is 4.85. The third kappa shape index (κ3) is 1.52. The molecular weight excluding hydrogens is 174 g/mol. The van der Waals surface area contributed by atoms with Gasteiger partial charge in [0.25, 0.3) is 0 Å². The van der Waals surface area contributed by atoms with E-state index in [1.807, 2.05) is 6.07 Å². The van der Waals surface area contributed by atoms with Gasteiger partial charge >= 0.3 is 0 Å². The summed E-state index contributed by atoms with van der Waals surface area (Å²) in [6, 6.07) is 6.24. The van der Waals surface area contributed by atoms with Gasteiger partial charge < -0.3 is 5.32 Å². The van der Waals surface area contributed by atoms with Gasteiger partial charge in [-0.25, -0.2) is 0 Å². The highest BCUT2D eigenvalue weighted by Crippen LogP contribution is 2.29. The van der Waals surface area contributed by atoms with Gasteiger partial charge in [-0.3, -0.25) is 4.79 Å². The zero-order chi connectivity index (χ0) is 10.3. The van der Waals surface area contributed by atoms with Crippen LogP contribution in [0.4, 0.5) is 5.69 Å². The van der Waals surface area contributed by atoms with Crippen LogP contribution in [0.3, 0.4) is 0 Å². The summed E-state index contributed by atoms with van der Waals surface area (Å²) in [6.45, 7) is 6.52. The molecule has 0 saturated carbocycles. The highest BCUT2D eigenvalue weighted by molar-refractivity contribution is 5.99. The molecule has 0 fully saturated rings. The third-order valence-corrected chi connectivity index (χ3v) is 2.60. The van der Waals surface area contributed by atoms with E-state index < -0.39 is 0 Å². The van der Waals surface area contributed by atoms with Crippen molar-refractivity contribution in [2.45, 2.75) is 32.6 Å². The Hall–Kier alpha value is -1.31. The summed E-state index contributed by atoms with van der Waals surface area (Å²) in [4.78, 5) is 11.1. The van der Waals surface area contributed by atoms with Crippen LogP contribution in [0.5, 0.6) is 0 Å². The van der Waals surface area contributed by atoms with Crippen molar-refractivity contribution >= 4 is 11.6 Å². The average Bonchev–Trinajstić information content (AvgIpc) is 2.41. The zero-order valence-corrected chi connectivity index (χ0v) is 8.85. The number of fused-ring (bicyclic) bond motifs is 1. The molecule has 1 aromatic carbocycles. The molecule has 74 valence electrons. The van der Waals surface area contributed by atoms with Crippen molar-refractivity contribution in [2.75, 3.05) is 5.32 Å². The first kappa shape index (κ1) is 9.25. The van der Waals surface area contributed by atoms with Gasteiger partial charge in [0.05, 0.1) is 6.42 Å². The van der Waals surface area contributed by atoms with Crippen molar-refractivity contribution in [3.63, 3.8) is 0 Å². The predicted octanol–water partition coefficient (Wildman–Crippen LogP) is 2.48. The Labute approximate surface area is 84.3 Å². The van der Waals surface area contributed by atoms with Crippen LogP contribution in [-0.4, -0.2) is 5.91 Å². The van der Waals surface area contributed by atoms with Crippen molar-refractivity contribution in [1.82, 2.24) is 0 Å². The Kier molecular flexibility index (Phi) is 1.88. The van der Waals surface area contributed by atoms with Crippen LogP contribution < -0.4 is 5.32 Å². The summed E-state index contributed by atoms with van der Waals surface area (Å²) in [6.07, 6.45) is 0.528. The first-order chi connectivity index (χ1) is 6.47. The molecule has 1 amide bonds. The Morgan fingerprint density at radius 1 is 1.29 bits per heavy atom. The Balaban J connectivity index is 2.43. The van der Waals surface area contributed by atoms with Crippen LogP contribution in [-0.2, 0) is 16.6 Å². The van der Waals surface area contributed by atoms with Crippen molar-refractivity contribution < 1.29 is 4.79 Å². The maximum atomic E-state index is 11.1. The molecular formula is C12H15NO. The predicted molar refractivity (Wildman–Crippen MR) is 57.5 cm³/mol. The maximum absolute atomic E-state index is 11.1. The summed E-state index contributed by atoms with van der Waals surface area (Å²) in [5, 5.41) is 2.87. The number of anilines is 1. The van der Waals surface area contributed by atoms with Gasteiger partial charge in [-0.1, -0.05) is 32.9 Å². The van der Waals surface area contributed by atoms with E-state index in [4.69, 9.17) is 0 Å². The van der Waals surface area contributed by atoms with E-state index in [1.165, 1.54) is 5.56 Å². The number of rotatable bonds is 0. The minimum absolute atomic E-state index is 0.103. The van der Waals surface area contributed by atoms with Gasteiger partial charge in [-0.2, -0.15) is 0 Å². The topological polar surface area (TPSA) is 29.1 Å². The molecule has 0 bridgehead atoms. The molecule has 0 aromatic heterocycles. The lowest BCUT2D eigenvalue weighted by atomic mass is 9.86. The van der Waals surface area contributed by atoms with Gasteiger partial charge in [0.15, 0.2) is 0 Å². The van der Waals surface area contributed by atoms with Crippen molar-refractivity contribution in [3.05, 3.63) is 29.3 Å². The number of hydrogen-bond donors (Lipinski definition) is 1. The first-order valence-electron chi connectivity index (χ1n) is 4.90. The number of amides is 1. The molecule has 2 rings (SSSR count). The maximum Gasteiger partial charge on any atom is 0.228 e. The summed E-state index contributed by atoms with van der Waals surface area (Å²) in [5.41, 5.74) is 3.51. The van der Waals surface area contributed by atoms with Crippen molar-refractivity contribution in [2.24, 2.45) is 0 Å². The minimum Gasteiger partial charge on any atom is -0.326 e. The smallest absolute Gasteiger partial charge is 0.228 e. The van der Waals surface area contributed by atoms with E-state index in [0.717, 1.165) is 11.3 Å². The number of nitrogens with one attached hydrogen (secondary N) is 1. The molecule has 0 saturated heterocycles. The second kappa shape index (κ2) is 2.84. The molecule has 0 spiro atoms. The second-order valence-corrected chi connectivity index (χ2v) is 4.85. The van der Waals surface area contributed by atoms with Crippen LogP contribution in [0.15, 0.2) is 18.2 Å². The summed E-state index contributed by atoms with van der Waals surface area (Å²) < 4.78 is 0. The zero-order valence-electron chi connectivity index (χ0n) is 8.85. The first-order valence-corrected chi connectivity index (χ1v) is 4.90. The van der Waals surface area contributed by atoms with Crippen LogP contribution in [0.1, 0.15) is 31.9 Å². The molecule has 1 aliphatic rings. The molecule has 1 aromatic rings. The molecule has 2 heteroatoms. The lowest BCUT2D eigenvalue weighted by Gasteiger charge is -2.19. The molecule has 1 N–H and O–H groups in total. The quantitative estimate of drug-likeness (QED) is 0.667. The molecule has 1 heterocycles. The van der Waals surface area contributed by atoms with Gasteiger partial charge in [0, 0.05) is 5.69 Å². The normalized spacial score (nSPS) is 15.2. The fourth-order valence-electron chi connectivity index (χ4n) is 1.68. The summed E-state index contributed by atoms with van der Waals surface area (Å²) in [7, 11) is 0. The molecule has 0 radical (unpaired) electrons. The van der Waals surface area contributed by atoms with E-state index in [2.05, 4.69) is 38.2 Å². The number of carbonyl (C=O) groups is 1. The van der Waals surface area contributed by atoms with E-state index in [0.29, 0.717) is 6.42 Å². The molecule has 2 nitrogen and oxygen atoms in total. The summed E-state index contributed by atoms with van der Waals surface area (Å²) >= 11 is 0. The largest absolute Gasteiger partial charge is 0.326 e. The van der Waals surface area contributed by atoms with Crippen LogP contribution in [0.2, 0.25) is 0 Å². The van der Waals surface area contributed by atoms with E-state index in [1.54, 1.807) is 0 Å². The fourth-order valence-corrected chi connectivity index (χ4v) is 1.68. The third-order valence-electron chi connectivity index (χ3n) is 2.60. The van der Waals surface area contributed by atoms with Gasteiger partial charge in [-0.05, 0) is 22.6 Å². The minimum atomic E-state index is 0.103. The molecule has 0 aliphatic carbocycles. The van der Waals surface area contributed by atoms with E-state index in [9.17, 15) is 4.79 Å². The van der Waals surface area contributed by atoms with Crippen LogP contribution in [0, 0.1) is 0 Å². The Bertz CT molecular complexity index is 388. The molecule has 14 heavy (non-hydrogen) atoms. The van der Waals surface area contributed by atoms with Gasteiger partial charge in [-0.15, -0.1) is 0 Å². The average molecular weight is 189 g/mol. The SMILES string of the molecule is CC(C)(C)c1ccc2c(c1)NC(=O)C2. The van der Waals surface area contributed by atoms with E-state index in [-0.39, 0.29) is 11.3 Å². The van der Waals surface area contributed by atoms with Gasteiger partial charge in [0.2, 0.25) is 5.91 Å². The fraction of sp³-hybridized carbons (Fsp3) is 0.417. The number of carbonyl (C=O) groups excluding carboxylic acids is 1. The van der Waals surface area contributed by atoms with Crippen LogP contribution >= 0.6 is 0 Å². The lowest BCUT2D eigenvalue weighted by Crippen LogP contribution is -2.11. The molecule has 0 atom stereocenters. The lowest BCUT2D eigenvalue weighted by molar-refractivity contribution is -0.115. The monoisotopic (exact) mass is 189 g/mol. The van der Waals surface area contributed by atoms with Crippen LogP contribution in [0.25, 0.3) is 0 Å². The highest BCUT2D eigenvalue weighted by atomic mass is 16.1. The Morgan fingerprint density at radius 3 is 2.64 bits per heavy atom. The standard InChI is InChI=1S/C12H15NO/c1-12(2,3)9-5-4-8-6-11(14)13-10(8)7-9/h4-5,7H,6H2,1-3H3,(H,13,14).